The van der Waals surface area contributed by atoms with Gasteiger partial charge in [0, 0.05) is 19.6 Å². The molecule has 5 rings (SSSR count). The molecular weight excluding hydrogens is 410 g/mol. The summed E-state index contributed by atoms with van der Waals surface area (Å²) in [6.45, 7) is 9.50. The molecule has 3 fully saturated rings. The maximum atomic E-state index is 12.0. The number of rotatable bonds is 5. The highest BCUT2D eigenvalue weighted by Crippen LogP contribution is 2.49. The van der Waals surface area contributed by atoms with E-state index in [1.54, 1.807) is 0 Å². The van der Waals surface area contributed by atoms with Crippen molar-refractivity contribution in [3.8, 4) is 5.75 Å². The van der Waals surface area contributed by atoms with Crippen LogP contribution in [-0.2, 0) is 11.3 Å². The molecule has 4 nitrogen and oxygen atoms in total. The zero-order chi connectivity index (χ0) is 23.2. The van der Waals surface area contributed by atoms with Crippen LogP contribution in [-0.4, -0.2) is 35.2 Å². The van der Waals surface area contributed by atoms with E-state index in [-0.39, 0.29) is 0 Å². The highest BCUT2D eigenvalue weighted by atomic mass is 16.5. The Morgan fingerprint density at radius 1 is 1.06 bits per heavy atom. The van der Waals surface area contributed by atoms with Gasteiger partial charge < -0.3 is 9.84 Å². The Morgan fingerprint density at radius 2 is 1.79 bits per heavy atom. The Labute approximate surface area is 198 Å². The Kier molecular flexibility index (Phi) is 5.93. The van der Waals surface area contributed by atoms with Crippen LogP contribution >= 0.6 is 0 Å². The molecule has 2 saturated carbocycles. The molecule has 2 aliphatic carbocycles. The molecule has 178 valence electrons. The van der Waals surface area contributed by atoms with Crippen molar-refractivity contribution in [2.75, 3.05) is 13.1 Å². The van der Waals surface area contributed by atoms with Crippen molar-refractivity contribution in [2.24, 2.45) is 22.7 Å². The molecule has 33 heavy (non-hydrogen) atoms. The largest absolute Gasteiger partial charge is 0.490 e. The number of hydrogen-bond acceptors (Lipinski definition) is 3. The zero-order valence-electron chi connectivity index (χ0n) is 20.5. The van der Waals surface area contributed by atoms with E-state index in [9.17, 15) is 9.90 Å². The molecule has 2 unspecified atom stereocenters. The van der Waals surface area contributed by atoms with Gasteiger partial charge in [-0.05, 0) is 90.3 Å². The summed E-state index contributed by atoms with van der Waals surface area (Å²) in [6, 6.07) is 13.1. The molecular formula is C29H39NO3. The number of carboxylic acids is 1. The van der Waals surface area contributed by atoms with Gasteiger partial charge in [0.25, 0.3) is 0 Å². The number of aliphatic carboxylic acids is 1. The Morgan fingerprint density at radius 3 is 2.48 bits per heavy atom. The van der Waals surface area contributed by atoms with Crippen molar-refractivity contribution in [3.63, 3.8) is 0 Å². The molecule has 1 aliphatic heterocycles. The van der Waals surface area contributed by atoms with Crippen LogP contribution in [0.3, 0.4) is 0 Å². The highest BCUT2D eigenvalue weighted by Gasteiger charge is 2.54. The summed E-state index contributed by atoms with van der Waals surface area (Å²) in [7, 11) is 0. The van der Waals surface area contributed by atoms with Gasteiger partial charge >= 0.3 is 5.97 Å². The first kappa shape index (κ1) is 22.7. The molecule has 0 radical (unpaired) electrons. The minimum atomic E-state index is -0.592. The topological polar surface area (TPSA) is 49.8 Å². The Bertz CT molecular complexity index is 1020. The van der Waals surface area contributed by atoms with Crippen molar-refractivity contribution in [1.29, 1.82) is 0 Å². The second-order valence-corrected chi connectivity index (χ2v) is 12.0. The summed E-state index contributed by atoms with van der Waals surface area (Å²) in [6.07, 6.45) is 8.08. The maximum Gasteiger partial charge on any atom is 0.311 e. The summed E-state index contributed by atoms with van der Waals surface area (Å²) in [5.74, 6) is 1.50. The first-order valence-electron chi connectivity index (χ1n) is 12.9. The number of hydrogen-bond donors (Lipinski definition) is 1. The van der Waals surface area contributed by atoms with E-state index >= 15 is 0 Å². The second-order valence-electron chi connectivity index (χ2n) is 12.0. The predicted octanol–water partition coefficient (Wildman–Crippen LogP) is 6.51. The minimum absolute atomic E-state index is 0.314. The number of carboxylic acid groups (broad SMARTS) is 1. The molecule has 0 bridgehead atoms. The predicted molar refractivity (Wildman–Crippen MR) is 132 cm³/mol. The van der Waals surface area contributed by atoms with Crippen LogP contribution in [0.4, 0.5) is 0 Å². The van der Waals surface area contributed by atoms with Gasteiger partial charge in [0.05, 0.1) is 11.5 Å². The standard InChI is InChI=1S/C29H39NO3/c1-28(2,3)23-9-12-25(13-10-23)33-26-11-8-21-15-20(6-7-22(21)16-26)17-30-18-24-5-4-14-29(24,19-30)27(31)32/h6-8,11,15-16,23-25H,4-5,9-10,12-14,17-19H2,1-3H3,(H,31,32)/t23-,24?,25-,29?. The monoisotopic (exact) mass is 449 g/mol. The van der Waals surface area contributed by atoms with Gasteiger partial charge in [-0.25, -0.2) is 0 Å². The van der Waals surface area contributed by atoms with Crippen molar-refractivity contribution in [3.05, 3.63) is 42.0 Å². The van der Waals surface area contributed by atoms with Gasteiger partial charge in [0.15, 0.2) is 0 Å². The summed E-state index contributed by atoms with van der Waals surface area (Å²) in [5.41, 5.74) is 1.15. The third kappa shape index (κ3) is 4.51. The van der Waals surface area contributed by atoms with Gasteiger partial charge in [0.1, 0.15) is 5.75 Å². The van der Waals surface area contributed by atoms with Crippen LogP contribution < -0.4 is 4.74 Å². The summed E-state index contributed by atoms with van der Waals surface area (Å²) >= 11 is 0. The van der Waals surface area contributed by atoms with Crippen LogP contribution in [0, 0.1) is 22.7 Å². The lowest BCUT2D eigenvalue weighted by atomic mass is 9.72. The van der Waals surface area contributed by atoms with Crippen LogP contribution in [0.15, 0.2) is 36.4 Å². The average Bonchev–Trinajstić information content (AvgIpc) is 3.32. The van der Waals surface area contributed by atoms with Gasteiger partial charge in [0.2, 0.25) is 0 Å². The quantitative estimate of drug-likeness (QED) is 0.565. The SMILES string of the molecule is CC(C)(C)[C@H]1CC[C@H](Oc2ccc3cc(CN4CC5CCCC5(C(=O)O)C4)ccc3c2)CC1. The first-order valence-corrected chi connectivity index (χ1v) is 12.9. The van der Waals surface area contributed by atoms with E-state index in [0.29, 0.717) is 24.0 Å². The third-order valence-electron chi connectivity index (χ3n) is 8.85. The molecule has 4 heteroatoms. The van der Waals surface area contributed by atoms with Gasteiger partial charge in [-0.3, -0.25) is 9.69 Å². The van der Waals surface area contributed by atoms with Crippen molar-refractivity contribution < 1.29 is 14.6 Å². The fourth-order valence-electron chi connectivity index (χ4n) is 6.81. The maximum absolute atomic E-state index is 12.0. The first-order chi connectivity index (χ1) is 15.7. The van der Waals surface area contributed by atoms with Crippen molar-refractivity contribution >= 4 is 16.7 Å². The lowest BCUT2D eigenvalue weighted by molar-refractivity contribution is -0.149. The van der Waals surface area contributed by atoms with Gasteiger partial charge in [-0.1, -0.05) is 45.4 Å². The molecule has 2 aromatic carbocycles. The molecule has 2 atom stereocenters. The summed E-state index contributed by atoms with van der Waals surface area (Å²) in [5, 5.41) is 12.3. The molecule has 0 aromatic heterocycles. The van der Waals surface area contributed by atoms with E-state index in [1.807, 2.05) is 0 Å². The van der Waals surface area contributed by atoms with Gasteiger partial charge in [-0.2, -0.15) is 0 Å². The molecule has 1 heterocycles. The van der Waals surface area contributed by atoms with E-state index in [0.717, 1.165) is 56.9 Å². The molecule has 3 aliphatic rings. The third-order valence-corrected chi connectivity index (χ3v) is 8.85. The van der Waals surface area contributed by atoms with Crippen LogP contribution in [0.1, 0.15) is 71.3 Å². The van der Waals surface area contributed by atoms with Crippen molar-refractivity contribution in [2.45, 2.75) is 78.4 Å². The van der Waals surface area contributed by atoms with E-state index in [4.69, 9.17) is 4.74 Å². The average molecular weight is 450 g/mol. The number of benzene rings is 2. The zero-order valence-corrected chi connectivity index (χ0v) is 20.5. The number of carbonyl (C=O) groups is 1. The highest BCUT2D eigenvalue weighted by molar-refractivity contribution is 5.84. The fraction of sp³-hybridized carbons (Fsp3) is 0.621. The molecule has 0 amide bonds. The lowest BCUT2D eigenvalue weighted by Gasteiger charge is -2.37. The van der Waals surface area contributed by atoms with E-state index in [1.165, 1.54) is 29.2 Å². The smallest absolute Gasteiger partial charge is 0.311 e. The van der Waals surface area contributed by atoms with Crippen LogP contribution in [0.25, 0.3) is 10.8 Å². The fourth-order valence-corrected chi connectivity index (χ4v) is 6.81. The van der Waals surface area contributed by atoms with E-state index < -0.39 is 11.4 Å². The molecule has 0 spiro atoms. The normalized spacial score (nSPS) is 30.5. The second kappa shape index (κ2) is 8.61. The number of likely N-dealkylation sites (tertiary alicyclic amines) is 1. The molecule has 1 N–H and O–H groups in total. The van der Waals surface area contributed by atoms with Crippen molar-refractivity contribution in [1.82, 2.24) is 4.90 Å². The number of ether oxygens (including phenoxy) is 1. The minimum Gasteiger partial charge on any atom is -0.490 e. The lowest BCUT2D eigenvalue weighted by Crippen LogP contribution is -2.35. The Balaban J connectivity index is 1.22. The number of nitrogens with zero attached hydrogens (tertiary/aromatic N) is 1. The summed E-state index contributed by atoms with van der Waals surface area (Å²) < 4.78 is 6.37. The van der Waals surface area contributed by atoms with Crippen LogP contribution in [0.5, 0.6) is 5.75 Å². The molecule has 1 saturated heterocycles. The van der Waals surface area contributed by atoms with Crippen LogP contribution in [0.2, 0.25) is 0 Å². The molecule has 2 aromatic rings. The Hall–Kier alpha value is -2.07. The van der Waals surface area contributed by atoms with E-state index in [2.05, 4.69) is 62.1 Å². The van der Waals surface area contributed by atoms with Gasteiger partial charge in [-0.15, -0.1) is 0 Å². The number of fused-ring (bicyclic) bond motifs is 2. The summed E-state index contributed by atoms with van der Waals surface area (Å²) in [4.78, 5) is 14.3.